The molecule has 3 heteroatoms. The van der Waals surface area contributed by atoms with Crippen LogP contribution in [0, 0.1) is 6.92 Å². The van der Waals surface area contributed by atoms with Gasteiger partial charge in [-0.2, -0.15) is 0 Å². The van der Waals surface area contributed by atoms with Crippen LogP contribution in [0.25, 0.3) is 0 Å². The van der Waals surface area contributed by atoms with Crippen LogP contribution in [0.5, 0.6) is 5.75 Å². The summed E-state index contributed by atoms with van der Waals surface area (Å²) in [6, 6.07) is 6.45. The van der Waals surface area contributed by atoms with Crippen LogP contribution in [0.15, 0.2) is 18.2 Å². The highest BCUT2D eigenvalue weighted by Gasteiger charge is 2.24. The molecule has 1 aromatic rings. The Labute approximate surface area is 110 Å². The first kappa shape index (κ1) is 13.2. The third kappa shape index (κ3) is 2.96. The number of aryl methyl sites for hydroxylation is 1. The van der Waals surface area contributed by atoms with Gasteiger partial charge in [-0.15, -0.1) is 0 Å². The minimum absolute atomic E-state index is 0.318. The molecule has 3 nitrogen and oxygen atoms in total. The molecular formula is C15H24N2O. The highest BCUT2D eigenvalue weighted by atomic mass is 16.5. The van der Waals surface area contributed by atoms with E-state index in [0.29, 0.717) is 6.10 Å². The van der Waals surface area contributed by atoms with Gasteiger partial charge < -0.3 is 15.4 Å². The van der Waals surface area contributed by atoms with Crippen molar-refractivity contribution in [3.63, 3.8) is 0 Å². The van der Waals surface area contributed by atoms with Crippen LogP contribution in [-0.2, 0) is 0 Å². The van der Waals surface area contributed by atoms with E-state index < -0.39 is 0 Å². The van der Waals surface area contributed by atoms with Gasteiger partial charge in [0.1, 0.15) is 11.9 Å². The molecule has 18 heavy (non-hydrogen) atoms. The van der Waals surface area contributed by atoms with E-state index in [2.05, 4.69) is 36.9 Å². The molecule has 0 aliphatic carbocycles. The van der Waals surface area contributed by atoms with Crippen LogP contribution in [0.4, 0.5) is 5.69 Å². The van der Waals surface area contributed by atoms with Gasteiger partial charge in [0.05, 0.1) is 12.2 Å². The fraction of sp³-hybridized carbons (Fsp3) is 0.600. The number of nitrogens with zero attached hydrogens (tertiary/aromatic N) is 1. The number of fused-ring (bicyclic) bond motifs is 1. The van der Waals surface area contributed by atoms with Crippen LogP contribution in [0.3, 0.4) is 0 Å². The molecule has 1 aliphatic rings. The summed E-state index contributed by atoms with van der Waals surface area (Å²) in [5.41, 5.74) is 8.11. The second kappa shape index (κ2) is 6.10. The first-order valence-electron chi connectivity index (χ1n) is 6.97. The summed E-state index contributed by atoms with van der Waals surface area (Å²) in [7, 11) is 0. The monoisotopic (exact) mass is 248 g/mol. The van der Waals surface area contributed by atoms with Crippen molar-refractivity contribution < 1.29 is 4.74 Å². The molecule has 0 amide bonds. The number of benzene rings is 1. The summed E-state index contributed by atoms with van der Waals surface area (Å²) in [6.45, 7) is 7.17. The highest BCUT2D eigenvalue weighted by Crippen LogP contribution is 2.34. The first-order chi connectivity index (χ1) is 8.74. The lowest BCUT2D eigenvalue weighted by atomic mass is 10.1. The van der Waals surface area contributed by atoms with Crippen LogP contribution in [-0.4, -0.2) is 25.7 Å². The Morgan fingerprint density at radius 1 is 1.39 bits per heavy atom. The average molecular weight is 248 g/mol. The van der Waals surface area contributed by atoms with Crippen molar-refractivity contribution in [2.24, 2.45) is 5.73 Å². The van der Waals surface area contributed by atoms with Gasteiger partial charge in [0, 0.05) is 6.54 Å². The average Bonchev–Trinajstić information content (AvgIpc) is 2.39. The Kier molecular flexibility index (Phi) is 4.48. The first-order valence-corrected chi connectivity index (χ1v) is 6.97. The Hall–Kier alpha value is -1.22. The van der Waals surface area contributed by atoms with Crippen LogP contribution in [0.2, 0.25) is 0 Å². The summed E-state index contributed by atoms with van der Waals surface area (Å²) in [6.07, 6.45) is 3.62. The lowest BCUT2D eigenvalue weighted by molar-refractivity contribution is 0.189. The molecule has 0 radical (unpaired) electrons. The number of nitrogens with two attached hydrogens (primary N) is 1. The van der Waals surface area contributed by atoms with E-state index in [9.17, 15) is 0 Å². The van der Waals surface area contributed by atoms with E-state index in [1.54, 1.807) is 0 Å². The molecule has 0 saturated carbocycles. The third-order valence-electron chi connectivity index (χ3n) is 3.51. The molecule has 100 valence electrons. The number of anilines is 1. The van der Waals surface area contributed by atoms with Crippen molar-refractivity contribution in [1.82, 2.24) is 0 Å². The van der Waals surface area contributed by atoms with Crippen molar-refractivity contribution in [2.45, 2.75) is 39.2 Å². The number of hydrogen-bond acceptors (Lipinski definition) is 3. The van der Waals surface area contributed by atoms with Crippen LogP contribution >= 0.6 is 0 Å². The van der Waals surface area contributed by atoms with E-state index >= 15 is 0 Å². The number of unbranched alkanes of at least 4 members (excludes halogenated alkanes) is 1. The maximum Gasteiger partial charge on any atom is 0.143 e. The van der Waals surface area contributed by atoms with Crippen molar-refractivity contribution in [3.05, 3.63) is 23.8 Å². The summed E-state index contributed by atoms with van der Waals surface area (Å²) in [5.74, 6) is 1.03. The topological polar surface area (TPSA) is 38.5 Å². The molecule has 1 heterocycles. The van der Waals surface area contributed by atoms with Crippen molar-refractivity contribution >= 4 is 5.69 Å². The molecule has 0 saturated heterocycles. The Morgan fingerprint density at radius 2 is 2.22 bits per heavy atom. The smallest absolute Gasteiger partial charge is 0.143 e. The highest BCUT2D eigenvalue weighted by molar-refractivity contribution is 5.61. The van der Waals surface area contributed by atoms with E-state index in [1.165, 1.54) is 11.3 Å². The van der Waals surface area contributed by atoms with Gasteiger partial charge in [0.15, 0.2) is 0 Å². The van der Waals surface area contributed by atoms with Crippen molar-refractivity contribution in [1.29, 1.82) is 0 Å². The fourth-order valence-electron chi connectivity index (χ4n) is 2.41. The van der Waals surface area contributed by atoms with Gasteiger partial charge in [0.2, 0.25) is 0 Å². The van der Waals surface area contributed by atoms with Crippen molar-refractivity contribution in [2.75, 3.05) is 24.5 Å². The van der Waals surface area contributed by atoms with Crippen LogP contribution < -0.4 is 15.4 Å². The summed E-state index contributed by atoms with van der Waals surface area (Å²) in [4.78, 5) is 2.45. The molecule has 1 atom stereocenters. The van der Waals surface area contributed by atoms with E-state index in [1.807, 2.05) is 0 Å². The molecule has 0 spiro atoms. The van der Waals surface area contributed by atoms with Crippen molar-refractivity contribution in [3.8, 4) is 5.75 Å². The maximum atomic E-state index is 6.01. The molecule has 1 unspecified atom stereocenters. The van der Waals surface area contributed by atoms with E-state index in [-0.39, 0.29) is 0 Å². The zero-order valence-corrected chi connectivity index (χ0v) is 11.5. The fourth-order valence-corrected chi connectivity index (χ4v) is 2.41. The number of hydrogen-bond donors (Lipinski definition) is 1. The van der Waals surface area contributed by atoms with Gasteiger partial charge in [-0.05, 0) is 50.4 Å². The molecule has 1 aliphatic heterocycles. The minimum atomic E-state index is 0.318. The van der Waals surface area contributed by atoms with Gasteiger partial charge >= 0.3 is 0 Å². The summed E-state index contributed by atoms with van der Waals surface area (Å²) < 4.78 is 6.01. The molecule has 2 N–H and O–H groups in total. The number of rotatable bonds is 5. The summed E-state index contributed by atoms with van der Waals surface area (Å²) >= 11 is 0. The Morgan fingerprint density at radius 3 is 2.94 bits per heavy atom. The molecule has 0 bridgehead atoms. The zero-order chi connectivity index (χ0) is 13.0. The quantitative estimate of drug-likeness (QED) is 0.814. The lowest BCUT2D eigenvalue weighted by Crippen LogP contribution is -2.40. The van der Waals surface area contributed by atoms with Gasteiger partial charge in [0.25, 0.3) is 0 Å². The SMILES string of the molecule is CCC1CN(CCCCN)c2cc(C)ccc2O1. The van der Waals surface area contributed by atoms with Gasteiger partial charge in [-0.25, -0.2) is 0 Å². The molecule has 0 aromatic heterocycles. The predicted octanol–water partition coefficient (Wildman–Crippen LogP) is 2.71. The number of ether oxygens (including phenoxy) is 1. The standard InChI is InChI=1S/C15H24N2O/c1-3-13-11-17(9-5-4-8-16)14-10-12(2)6-7-15(14)18-13/h6-7,10,13H,3-5,8-9,11,16H2,1-2H3. The summed E-state index contributed by atoms with van der Waals surface area (Å²) in [5, 5.41) is 0. The molecule has 1 aromatic carbocycles. The second-order valence-electron chi connectivity index (χ2n) is 5.06. The normalized spacial score (nSPS) is 18.4. The maximum absolute atomic E-state index is 6.01. The Balaban J connectivity index is 2.15. The van der Waals surface area contributed by atoms with Gasteiger partial charge in [-0.3, -0.25) is 0 Å². The lowest BCUT2D eigenvalue weighted by Gasteiger charge is -2.36. The molecule has 0 fully saturated rings. The van der Waals surface area contributed by atoms with Gasteiger partial charge in [-0.1, -0.05) is 13.0 Å². The zero-order valence-electron chi connectivity index (χ0n) is 11.5. The predicted molar refractivity (Wildman–Crippen MR) is 76.4 cm³/mol. The molecule has 2 rings (SSSR count). The second-order valence-corrected chi connectivity index (χ2v) is 5.06. The van der Waals surface area contributed by atoms with Crippen LogP contribution in [0.1, 0.15) is 31.7 Å². The molecular weight excluding hydrogens is 224 g/mol. The Bertz CT molecular complexity index is 392. The minimum Gasteiger partial charge on any atom is -0.486 e. The van der Waals surface area contributed by atoms with E-state index in [4.69, 9.17) is 10.5 Å². The third-order valence-corrected chi connectivity index (χ3v) is 3.51. The largest absolute Gasteiger partial charge is 0.486 e. The van der Waals surface area contributed by atoms with E-state index in [0.717, 1.165) is 44.6 Å².